The lowest BCUT2D eigenvalue weighted by Crippen LogP contribution is -2.29. The molecule has 0 amide bonds. The zero-order valence-electron chi connectivity index (χ0n) is 11.2. The highest BCUT2D eigenvalue weighted by Gasteiger charge is 2.17. The van der Waals surface area contributed by atoms with Crippen LogP contribution in [0.4, 0.5) is 5.69 Å². The zero-order chi connectivity index (χ0) is 14.4. The molecule has 0 saturated heterocycles. The molecule has 104 valence electrons. The number of thioether (sulfide) groups is 1. The minimum Gasteiger partial charge on any atom is -0.464 e. The second kappa shape index (κ2) is 7.35. The van der Waals surface area contributed by atoms with Gasteiger partial charge in [-0.1, -0.05) is 18.3 Å². The van der Waals surface area contributed by atoms with Gasteiger partial charge in [0, 0.05) is 16.1 Å². The number of esters is 1. The molecule has 0 spiro atoms. The van der Waals surface area contributed by atoms with Crippen LogP contribution in [-0.2, 0) is 9.53 Å². The van der Waals surface area contributed by atoms with E-state index in [2.05, 4.69) is 5.32 Å². The van der Waals surface area contributed by atoms with E-state index < -0.39 is 6.04 Å². The van der Waals surface area contributed by atoms with Crippen LogP contribution < -0.4 is 11.1 Å². The largest absolute Gasteiger partial charge is 0.464 e. The molecular weight excluding hydrogens is 280 g/mol. The fourth-order valence-corrected chi connectivity index (χ4v) is 2.56. The van der Waals surface area contributed by atoms with E-state index in [1.54, 1.807) is 25.6 Å². The van der Waals surface area contributed by atoms with Crippen molar-refractivity contribution in [2.45, 2.75) is 24.8 Å². The van der Waals surface area contributed by atoms with Gasteiger partial charge in [0.1, 0.15) is 11.0 Å². The van der Waals surface area contributed by atoms with E-state index in [0.717, 1.165) is 16.1 Å². The van der Waals surface area contributed by atoms with Crippen LogP contribution in [0.25, 0.3) is 0 Å². The number of carbonyl (C=O) groups is 1. The van der Waals surface area contributed by atoms with E-state index in [9.17, 15) is 4.79 Å². The first-order valence-corrected chi connectivity index (χ1v) is 7.54. The Bertz CT molecular complexity index is 478. The molecule has 0 aromatic heterocycles. The maximum atomic E-state index is 11.6. The number of nitrogens with one attached hydrogen (secondary N) is 1. The fraction of sp³-hybridized carbons (Fsp3) is 0.385. The van der Waals surface area contributed by atoms with Gasteiger partial charge >= 0.3 is 5.97 Å². The van der Waals surface area contributed by atoms with E-state index in [0.29, 0.717) is 11.6 Å². The normalized spacial score (nSPS) is 11.7. The van der Waals surface area contributed by atoms with Crippen molar-refractivity contribution >= 4 is 40.6 Å². The third-order valence-corrected chi connectivity index (χ3v) is 3.49. The predicted molar refractivity (Wildman–Crippen MR) is 83.8 cm³/mol. The number of ether oxygens (including phenoxy) is 1. The lowest BCUT2D eigenvalue weighted by molar-refractivity contribution is -0.143. The second-order valence-electron chi connectivity index (χ2n) is 3.87. The summed E-state index contributed by atoms with van der Waals surface area (Å²) in [7, 11) is 0. The van der Waals surface area contributed by atoms with Crippen molar-refractivity contribution in [3.8, 4) is 0 Å². The molecule has 0 aliphatic heterocycles. The number of benzene rings is 1. The van der Waals surface area contributed by atoms with Crippen molar-refractivity contribution in [3.05, 3.63) is 23.8 Å². The predicted octanol–water partition coefficient (Wildman–Crippen LogP) is 2.41. The Hall–Kier alpha value is -1.27. The summed E-state index contributed by atoms with van der Waals surface area (Å²) in [4.78, 5) is 12.9. The smallest absolute Gasteiger partial charge is 0.328 e. The minimum atomic E-state index is -0.454. The lowest BCUT2D eigenvalue weighted by Gasteiger charge is -2.18. The zero-order valence-corrected chi connectivity index (χ0v) is 12.9. The molecule has 0 radical (unpaired) electrons. The van der Waals surface area contributed by atoms with Gasteiger partial charge in [-0.25, -0.2) is 4.79 Å². The van der Waals surface area contributed by atoms with Crippen molar-refractivity contribution in [1.82, 2.24) is 0 Å². The number of rotatable bonds is 6. The quantitative estimate of drug-likeness (QED) is 0.478. The molecule has 1 aromatic carbocycles. The van der Waals surface area contributed by atoms with Gasteiger partial charge in [0.15, 0.2) is 0 Å². The van der Waals surface area contributed by atoms with Crippen LogP contribution in [0, 0.1) is 0 Å². The summed E-state index contributed by atoms with van der Waals surface area (Å²) in [5.41, 5.74) is 7.28. The van der Waals surface area contributed by atoms with Crippen molar-refractivity contribution in [2.24, 2.45) is 5.73 Å². The first-order chi connectivity index (χ1) is 9.01. The van der Waals surface area contributed by atoms with Gasteiger partial charge in [0.2, 0.25) is 0 Å². The van der Waals surface area contributed by atoms with Gasteiger partial charge in [-0.3, -0.25) is 0 Å². The van der Waals surface area contributed by atoms with Crippen molar-refractivity contribution in [1.29, 1.82) is 0 Å². The van der Waals surface area contributed by atoms with Crippen molar-refractivity contribution < 1.29 is 9.53 Å². The van der Waals surface area contributed by atoms with E-state index in [4.69, 9.17) is 22.7 Å². The summed E-state index contributed by atoms with van der Waals surface area (Å²) in [6.45, 7) is 3.88. The number of anilines is 1. The molecule has 3 N–H and O–H groups in total. The van der Waals surface area contributed by atoms with Gasteiger partial charge in [0.25, 0.3) is 0 Å². The highest BCUT2D eigenvalue weighted by atomic mass is 32.2. The first-order valence-electron chi connectivity index (χ1n) is 5.91. The highest BCUT2D eigenvalue weighted by Crippen LogP contribution is 2.27. The molecule has 0 heterocycles. The SMILES string of the molecule is CCOC(=O)C(C)Nc1cccc(SC)c1C(N)=S. The Morgan fingerprint density at radius 3 is 2.79 bits per heavy atom. The summed E-state index contributed by atoms with van der Waals surface area (Å²) >= 11 is 6.64. The van der Waals surface area contributed by atoms with Crippen LogP contribution in [0.2, 0.25) is 0 Å². The molecule has 1 aromatic rings. The van der Waals surface area contributed by atoms with Crippen LogP contribution in [0.1, 0.15) is 19.4 Å². The number of nitrogens with two attached hydrogens (primary N) is 1. The summed E-state index contributed by atoms with van der Waals surface area (Å²) in [5, 5.41) is 3.10. The molecular formula is C13H18N2O2S2. The van der Waals surface area contributed by atoms with Crippen LogP contribution >= 0.6 is 24.0 Å². The molecule has 0 aliphatic rings. The van der Waals surface area contributed by atoms with Gasteiger partial charge in [-0.15, -0.1) is 11.8 Å². The number of thiocarbonyl (C=S) groups is 1. The molecule has 0 bridgehead atoms. The Labute approximate surface area is 123 Å². The van der Waals surface area contributed by atoms with Gasteiger partial charge in [-0.05, 0) is 32.2 Å². The summed E-state index contributed by atoms with van der Waals surface area (Å²) in [6, 6.07) is 5.24. The summed E-state index contributed by atoms with van der Waals surface area (Å²) < 4.78 is 4.96. The monoisotopic (exact) mass is 298 g/mol. The molecule has 0 fully saturated rings. The standard InChI is InChI=1S/C13H18N2O2S2/c1-4-17-13(16)8(2)15-9-6-5-7-10(19-3)11(9)12(14)18/h5-8,15H,4H2,1-3H3,(H2,14,18). The van der Waals surface area contributed by atoms with E-state index in [1.807, 2.05) is 24.5 Å². The van der Waals surface area contributed by atoms with Gasteiger partial charge in [0.05, 0.1) is 6.61 Å². The topological polar surface area (TPSA) is 64.3 Å². The third-order valence-electron chi connectivity index (χ3n) is 2.50. The fourth-order valence-electron chi connectivity index (χ4n) is 1.64. The summed E-state index contributed by atoms with van der Waals surface area (Å²) in [5.74, 6) is -0.300. The molecule has 0 aliphatic carbocycles. The second-order valence-corrected chi connectivity index (χ2v) is 5.15. The van der Waals surface area contributed by atoms with Crippen LogP contribution in [0.3, 0.4) is 0 Å². The molecule has 1 atom stereocenters. The molecule has 19 heavy (non-hydrogen) atoms. The number of carbonyl (C=O) groups excluding carboxylic acids is 1. The maximum Gasteiger partial charge on any atom is 0.328 e. The first kappa shape index (κ1) is 15.8. The highest BCUT2D eigenvalue weighted by molar-refractivity contribution is 7.98. The van der Waals surface area contributed by atoms with Gasteiger partial charge in [-0.2, -0.15) is 0 Å². The Kier molecular flexibility index (Phi) is 6.11. The molecule has 6 heteroatoms. The van der Waals surface area contributed by atoms with E-state index in [-0.39, 0.29) is 5.97 Å². The summed E-state index contributed by atoms with van der Waals surface area (Å²) in [6.07, 6.45) is 1.95. The van der Waals surface area contributed by atoms with E-state index in [1.165, 1.54) is 0 Å². The molecule has 4 nitrogen and oxygen atoms in total. The number of hydrogen-bond acceptors (Lipinski definition) is 5. The van der Waals surface area contributed by atoms with Crippen LogP contribution in [-0.4, -0.2) is 29.9 Å². The Balaban J connectivity index is 3.01. The van der Waals surface area contributed by atoms with Crippen LogP contribution in [0.15, 0.2) is 23.1 Å². The molecule has 1 rings (SSSR count). The lowest BCUT2D eigenvalue weighted by atomic mass is 10.1. The Morgan fingerprint density at radius 2 is 2.26 bits per heavy atom. The van der Waals surface area contributed by atoms with Crippen molar-refractivity contribution in [2.75, 3.05) is 18.2 Å². The minimum absolute atomic E-state index is 0.300. The van der Waals surface area contributed by atoms with Gasteiger partial charge < -0.3 is 15.8 Å². The van der Waals surface area contributed by atoms with E-state index >= 15 is 0 Å². The average Bonchev–Trinajstić information content (AvgIpc) is 2.38. The Morgan fingerprint density at radius 1 is 1.58 bits per heavy atom. The molecule has 1 unspecified atom stereocenters. The maximum absolute atomic E-state index is 11.6. The number of hydrogen-bond donors (Lipinski definition) is 2. The van der Waals surface area contributed by atoms with Crippen molar-refractivity contribution in [3.63, 3.8) is 0 Å². The molecule has 0 saturated carbocycles. The van der Waals surface area contributed by atoms with Crippen LogP contribution in [0.5, 0.6) is 0 Å². The average molecular weight is 298 g/mol. The third kappa shape index (κ3) is 4.11.